The monoisotopic (exact) mass is 340 g/mol. The summed E-state index contributed by atoms with van der Waals surface area (Å²) in [5, 5.41) is 22.4. The molecule has 0 bridgehead atoms. The third kappa shape index (κ3) is 4.00. The van der Waals surface area contributed by atoms with E-state index in [9.17, 15) is 28.1 Å². The summed E-state index contributed by atoms with van der Waals surface area (Å²) in [4.78, 5) is 20.8. The van der Waals surface area contributed by atoms with E-state index in [2.05, 4.69) is 5.32 Å². The number of carbonyl (C=O) groups is 1. The molecule has 0 saturated carbocycles. The van der Waals surface area contributed by atoms with E-state index in [0.29, 0.717) is 11.6 Å². The number of nitrogens with one attached hydrogen (secondary N) is 1. The highest BCUT2D eigenvalue weighted by atomic mass is 19.4. The van der Waals surface area contributed by atoms with Crippen LogP contribution in [0.5, 0.6) is 0 Å². The fourth-order valence-electron chi connectivity index (χ4n) is 1.97. The molecule has 2 aromatic rings. The molecule has 0 fully saturated rings. The molecular formula is C15H11F3N2O4. The van der Waals surface area contributed by atoms with Crippen LogP contribution in [0.15, 0.2) is 42.5 Å². The Balaban J connectivity index is 2.20. The third-order valence-electron chi connectivity index (χ3n) is 3.21. The minimum Gasteiger partial charge on any atom is -0.478 e. The Bertz CT molecular complexity index is 773. The second kappa shape index (κ2) is 6.57. The van der Waals surface area contributed by atoms with Gasteiger partial charge in [-0.1, -0.05) is 12.1 Å². The summed E-state index contributed by atoms with van der Waals surface area (Å²) < 4.78 is 37.9. The van der Waals surface area contributed by atoms with Gasteiger partial charge in [-0.2, -0.15) is 13.2 Å². The smallest absolute Gasteiger partial charge is 0.416 e. The number of rotatable bonds is 5. The van der Waals surface area contributed by atoms with Gasteiger partial charge in [-0.25, -0.2) is 4.79 Å². The molecule has 0 aliphatic carbocycles. The van der Waals surface area contributed by atoms with Crippen molar-refractivity contribution in [2.24, 2.45) is 0 Å². The molecule has 0 aromatic heterocycles. The fraction of sp³-hybridized carbons (Fsp3) is 0.133. The molecule has 0 aliphatic rings. The Labute approximate surface area is 133 Å². The first-order valence-electron chi connectivity index (χ1n) is 6.60. The highest BCUT2D eigenvalue weighted by Gasteiger charge is 2.32. The first-order valence-corrected chi connectivity index (χ1v) is 6.60. The molecular weight excluding hydrogens is 329 g/mol. The minimum absolute atomic E-state index is 0.0599. The van der Waals surface area contributed by atoms with Gasteiger partial charge in [0, 0.05) is 12.6 Å². The summed E-state index contributed by atoms with van der Waals surface area (Å²) in [6.07, 6.45) is -4.67. The van der Waals surface area contributed by atoms with E-state index in [1.54, 1.807) is 0 Å². The van der Waals surface area contributed by atoms with Crippen LogP contribution in [0.2, 0.25) is 0 Å². The number of nitro benzene ring substituents is 1. The van der Waals surface area contributed by atoms with Gasteiger partial charge in [-0.05, 0) is 29.8 Å². The Hall–Kier alpha value is -3.10. The van der Waals surface area contributed by atoms with Gasteiger partial charge in [0.2, 0.25) is 0 Å². The zero-order chi connectivity index (χ0) is 17.9. The molecule has 2 rings (SSSR count). The maximum absolute atomic E-state index is 12.6. The van der Waals surface area contributed by atoms with E-state index in [0.717, 1.165) is 12.1 Å². The third-order valence-corrected chi connectivity index (χ3v) is 3.21. The number of aromatic carboxylic acids is 1. The number of nitrogens with zero attached hydrogens (tertiary/aromatic N) is 1. The first kappa shape index (κ1) is 17.3. The molecule has 0 aliphatic heterocycles. The minimum atomic E-state index is -4.67. The zero-order valence-electron chi connectivity index (χ0n) is 12.0. The van der Waals surface area contributed by atoms with E-state index in [1.807, 2.05) is 0 Å². The molecule has 9 heteroatoms. The van der Waals surface area contributed by atoms with Crippen molar-refractivity contribution in [1.29, 1.82) is 0 Å². The van der Waals surface area contributed by atoms with Crippen LogP contribution in [-0.4, -0.2) is 16.0 Å². The van der Waals surface area contributed by atoms with E-state index in [4.69, 9.17) is 5.11 Å². The van der Waals surface area contributed by atoms with Crippen LogP contribution in [-0.2, 0) is 12.7 Å². The summed E-state index contributed by atoms with van der Waals surface area (Å²) in [5.41, 5.74) is -1.15. The lowest BCUT2D eigenvalue weighted by molar-refractivity contribution is -0.384. The molecule has 2 aromatic carbocycles. The highest BCUT2D eigenvalue weighted by Crippen LogP contribution is 2.35. The van der Waals surface area contributed by atoms with E-state index >= 15 is 0 Å². The van der Waals surface area contributed by atoms with Gasteiger partial charge >= 0.3 is 12.1 Å². The standard InChI is InChI=1S/C15H11F3N2O4/c16-15(17,18)11-5-6-12(13(7-11)20(23)24)19-8-9-1-3-10(4-2-9)14(21)22/h1-7,19H,8H2,(H,21,22). The molecule has 2 N–H and O–H groups in total. The van der Waals surface area contributed by atoms with Crippen LogP contribution in [0.3, 0.4) is 0 Å². The quantitative estimate of drug-likeness (QED) is 0.636. The van der Waals surface area contributed by atoms with Crippen molar-refractivity contribution in [3.05, 3.63) is 69.3 Å². The molecule has 0 atom stereocenters. The van der Waals surface area contributed by atoms with Crippen molar-refractivity contribution >= 4 is 17.3 Å². The number of nitro groups is 1. The Morgan fingerprint density at radius 2 is 1.79 bits per heavy atom. The Morgan fingerprint density at radius 3 is 2.29 bits per heavy atom. The van der Waals surface area contributed by atoms with Crippen molar-refractivity contribution in [2.75, 3.05) is 5.32 Å². The number of carboxylic acids is 1. The molecule has 6 nitrogen and oxygen atoms in total. The summed E-state index contributed by atoms with van der Waals surface area (Å²) in [7, 11) is 0. The Kier molecular flexibility index (Phi) is 4.72. The highest BCUT2D eigenvalue weighted by molar-refractivity contribution is 5.87. The molecule has 126 valence electrons. The molecule has 0 heterocycles. The molecule has 0 amide bonds. The van der Waals surface area contributed by atoms with Crippen molar-refractivity contribution in [2.45, 2.75) is 12.7 Å². The lowest BCUT2D eigenvalue weighted by atomic mass is 10.1. The number of anilines is 1. The SMILES string of the molecule is O=C(O)c1ccc(CNc2ccc(C(F)(F)F)cc2[N+](=O)[O-])cc1. The average Bonchev–Trinajstić information content (AvgIpc) is 2.52. The van der Waals surface area contributed by atoms with Gasteiger partial charge in [0.1, 0.15) is 5.69 Å². The molecule has 0 radical (unpaired) electrons. The van der Waals surface area contributed by atoms with Gasteiger partial charge < -0.3 is 10.4 Å². The van der Waals surface area contributed by atoms with Crippen molar-refractivity contribution in [3.8, 4) is 0 Å². The van der Waals surface area contributed by atoms with Crippen molar-refractivity contribution in [1.82, 2.24) is 0 Å². The van der Waals surface area contributed by atoms with Crippen LogP contribution in [0.25, 0.3) is 0 Å². The maximum Gasteiger partial charge on any atom is 0.416 e. The summed E-state index contributed by atoms with van der Waals surface area (Å²) in [6.45, 7) is 0.0894. The number of hydrogen-bond acceptors (Lipinski definition) is 4. The largest absolute Gasteiger partial charge is 0.478 e. The normalized spacial score (nSPS) is 11.1. The number of benzene rings is 2. The van der Waals surface area contributed by atoms with Crippen LogP contribution in [0.1, 0.15) is 21.5 Å². The van der Waals surface area contributed by atoms with Crippen LogP contribution in [0.4, 0.5) is 24.5 Å². The summed E-state index contributed by atoms with van der Waals surface area (Å²) in [5.74, 6) is -1.09. The van der Waals surface area contributed by atoms with Gasteiger partial charge in [0.05, 0.1) is 16.1 Å². The van der Waals surface area contributed by atoms with Crippen LogP contribution in [0, 0.1) is 10.1 Å². The van der Waals surface area contributed by atoms with E-state index in [1.165, 1.54) is 24.3 Å². The van der Waals surface area contributed by atoms with E-state index in [-0.39, 0.29) is 17.8 Å². The number of halogens is 3. The van der Waals surface area contributed by atoms with Crippen LogP contribution >= 0.6 is 0 Å². The van der Waals surface area contributed by atoms with Gasteiger partial charge in [-0.3, -0.25) is 10.1 Å². The average molecular weight is 340 g/mol. The lowest BCUT2D eigenvalue weighted by Crippen LogP contribution is -2.08. The maximum atomic E-state index is 12.6. The molecule has 24 heavy (non-hydrogen) atoms. The summed E-state index contributed by atoms with van der Waals surface area (Å²) >= 11 is 0. The summed E-state index contributed by atoms with van der Waals surface area (Å²) in [6, 6.07) is 7.95. The van der Waals surface area contributed by atoms with E-state index < -0.39 is 28.3 Å². The lowest BCUT2D eigenvalue weighted by Gasteiger charge is -2.10. The molecule has 0 unspecified atom stereocenters. The zero-order valence-corrected chi connectivity index (χ0v) is 12.0. The number of hydrogen-bond donors (Lipinski definition) is 2. The van der Waals surface area contributed by atoms with Crippen molar-refractivity contribution < 1.29 is 28.0 Å². The number of carboxylic acid groups (broad SMARTS) is 1. The van der Waals surface area contributed by atoms with Gasteiger partial charge in [0.15, 0.2) is 0 Å². The topological polar surface area (TPSA) is 92.5 Å². The first-order chi connectivity index (χ1) is 11.2. The predicted molar refractivity (Wildman–Crippen MR) is 78.8 cm³/mol. The number of alkyl halides is 3. The Morgan fingerprint density at radius 1 is 1.17 bits per heavy atom. The van der Waals surface area contributed by atoms with Gasteiger partial charge in [-0.15, -0.1) is 0 Å². The second-order valence-corrected chi connectivity index (χ2v) is 4.84. The fourth-order valence-corrected chi connectivity index (χ4v) is 1.97. The molecule has 0 spiro atoms. The van der Waals surface area contributed by atoms with Crippen LogP contribution < -0.4 is 5.32 Å². The molecule has 0 saturated heterocycles. The van der Waals surface area contributed by atoms with Crippen molar-refractivity contribution in [3.63, 3.8) is 0 Å². The van der Waals surface area contributed by atoms with Gasteiger partial charge in [0.25, 0.3) is 5.69 Å². The predicted octanol–water partition coefficient (Wildman–Crippen LogP) is 3.92. The second-order valence-electron chi connectivity index (χ2n) is 4.84.